The Bertz CT molecular complexity index is 234. The third kappa shape index (κ3) is 1.26. The highest BCUT2D eigenvalue weighted by Crippen LogP contribution is 2.61. The monoisotopic (exact) mass is 178 g/mol. The molecule has 0 spiro atoms. The van der Waals surface area contributed by atoms with Crippen LogP contribution in [0.2, 0.25) is 0 Å². The topological polar surface area (TPSA) is 0 Å². The number of hydrogen-bond donors (Lipinski definition) is 0. The van der Waals surface area contributed by atoms with Gasteiger partial charge in [-0.05, 0) is 56.3 Å². The van der Waals surface area contributed by atoms with E-state index in [1.54, 1.807) is 0 Å². The SMILES string of the molecule is CC(C)=CC12CCC(C1)C(C)C2C. The maximum Gasteiger partial charge on any atom is -0.00847 e. The molecule has 0 heterocycles. The average molecular weight is 178 g/mol. The summed E-state index contributed by atoms with van der Waals surface area (Å²) in [5.74, 6) is 2.91. The van der Waals surface area contributed by atoms with Gasteiger partial charge in [0.05, 0.1) is 0 Å². The maximum absolute atomic E-state index is 2.57. The lowest BCUT2D eigenvalue weighted by atomic mass is 9.71. The Hall–Kier alpha value is -0.260. The van der Waals surface area contributed by atoms with Gasteiger partial charge in [-0.25, -0.2) is 0 Å². The van der Waals surface area contributed by atoms with E-state index >= 15 is 0 Å². The minimum Gasteiger partial charge on any atom is -0.0799 e. The van der Waals surface area contributed by atoms with E-state index in [9.17, 15) is 0 Å². The van der Waals surface area contributed by atoms with Crippen molar-refractivity contribution in [3.63, 3.8) is 0 Å². The fourth-order valence-corrected chi connectivity index (χ4v) is 3.78. The van der Waals surface area contributed by atoms with Gasteiger partial charge >= 0.3 is 0 Å². The fraction of sp³-hybridized carbons (Fsp3) is 0.846. The zero-order valence-corrected chi connectivity index (χ0v) is 9.43. The number of fused-ring (bicyclic) bond motifs is 2. The highest BCUT2D eigenvalue weighted by molar-refractivity contribution is 5.15. The molecule has 0 radical (unpaired) electrons. The Morgan fingerprint density at radius 1 is 1.31 bits per heavy atom. The second-order valence-electron chi connectivity index (χ2n) is 5.61. The molecule has 74 valence electrons. The van der Waals surface area contributed by atoms with Crippen molar-refractivity contribution in [2.75, 3.05) is 0 Å². The molecule has 0 nitrogen and oxygen atoms in total. The molecule has 0 aromatic rings. The molecular weight excluding hydrogens is 156 g/mol. The van der Waals surface area contributed by atoms with Gasteiger partial charge in [0.2, 0.25) is 0 Å². The largest absolute Gasteiger partial charge is 0.0799 e. The van der Waals surface area contributed by atoms with Crippen LogP contribution in [-0.4, -0.2) is 0 Å². The van der Waals surface area contributed by atoms with Gasteiger partial charge in [0.1, 0.15) is 0 Å². The molecule has 0 aromatic carbocycles. The van der Waals surface area contributed by atoms with Gasteiger partial charge in [0.25, 0.3) is 0 Å². The van der Waals surface area contributed by atoms with Crippen LogP contribution in [0.5, 0.6) is 0 Å². The highest BCUT2D eigenvalue weighted by Gasteiger charge is 2.52. The van der Waals surface area contributed by atoms with Crippen molar-refractivity contribution in [1.29, 1.82) is 0 Å². The summed E-state index contributed by atoms with van der Waals surface area (Å²) >= 11 is 0. The summed E-state index contributed by atoms with van der Waals surface area (Å²) in [6, 6.07) is 0. The van der Waals surface area contributed by atoms with Crippen molar-refractivity contribution >= 4 is 0 Å². The van der Waals surface area contributed by atoms with Gasteiger partial charge in [-0.2, -0.15) is 0 Å². The lowest BCUT2D eigenvalue weighted by Crippen LogP contribution is -2.25. The fourth-order valence-electron chi connectivity index (χ4n) is 3.78. The molecule has 2 aliphatic carbocycles. The molecule has 0 amide bonds. The molecule has 2 bridgehead atoms. The van der Waals surface area contributed by atoms with Crippen LogP contribution >= 0.6 is 0 Å². The van der Waals surface area contributed by atoms with Crippen LogP contribution in [0.3, 0.4) is 0 Å². The van der Waals surface area contributed by atoms with Crippen LogP contribution in [-0.2, 0) is 0 Å². The molecule has 0 aromatic heterocycles. The van der Waals surface area contributed by atoms with E-state index in [4.69, 9.17) is 0 Å². The lowest BCUT2D eigenvalue weighted by Gasteiger charge is -2.34. The molecule has 0 heteroatoms. The van der Waals surface area contributed by atoms with Gasteiger partial charge in [-0.1, -0.05) is 25.5 Å². The summed E-state index contributed by atoms with van der Waals surface area (Å²) in [7, 11) is 0. The van der Waals surface area contributed by atoms with E-state index in [2.05, 4.69) is 33.8 Å². The minimum atomic E-state index is 0.600. The Balaban J connectivity index is 2.28. The summed E-state index contributed by atoms with van der Waals surface area (Å²) in [6.45, 7) is 9.41. The first kappa shape index (κ1) is 9.30. The van der Waals surface area contributed by atoms with Crippen LogP contribution in [0.25, 0.3) is 0 Å². The minimum absolute atomic E-state index is 0.600. The third-order valence-corrected chi connectivity index (χ3v) is 4.64. The molecule has 2 aliphatic rings. The van der Waals surface area contributed by atoms with Crippen LogP contribution in [0.4, 0.5) is 0 Å². The van der Waals surface area contributed by atoms with E-state index in [-0.39, 0.29) is 0 Å². The molecule has 4 unspecified atom stereocenters. The van der Waals surface area contributed by atoms with E-state index < -0.39 is 0 Å². The molecule has 2 fully saturated rings. The predicted molar refractivity (Wildman–Crippen MR) is 57.5 cm³/mol. The first-order valence-corrected chi connectivity index (χ1v) is 5.71. The van der Waals surface area contributed by atoms with Gasteiger partial charge < -0.3 is 0 Å². The standard InChI is InChI=1S/C13H22/c1-9(2)7-13-6-5-12(8-13)10(3)11(13)4/h7,10-12H,5-6,8H2,1-4H3. The summed E-state index contributed by atoms with van der Waals surface area (Å²) in [5, 5.41) is 0. The Kier molecular flexibility index (Phi) is 2.05. The van der Waals surface area contributed by atoms with E-state index in [1.807, 2.05) is 0 Å². The number of allylic oxidation sites excluding steroid dienone is 2. The molecule has 0 N–H and O–H groups in total. The van der Waals surface area contributed by atoms with Crippen molar-refractivity contribution < 1.29 is 0 Å². The van der Waals surface area contributed by atoms with Crippen molar-refractivity contribution in [2.24, 2.45) is 23.2 Å². The van der Waals surface area contributed by atoms with E-state index in [0.29, 0.717) is 5.41 Å². The Morgan fingerprint density at radius 3 is 2.46 bits per heavy atom. The van der Waals surface area contributed by atoms with E-state index in [1.165, 1.54) is 24.8 Å². The smallest absolute Gasteiger partial charge is 0.00847 e. The first-order chi connectivity index (χ1) is 6.05. The van der Waals surface area contributed by atoms with Gasteiger partial charge in [0, 0.05) is 0 Å². The summed E-state index contributed by atoms with van der Waals surface area (Å²) in [4.78, 5) is 0. The summed E-state index contributed by atoms with van der Waals surface area (Å²) < 4.78 is 0. The molecule has 2 rings (SSSR count). The van der Waals surface area contributed by atoms with Crippen molar-refractivity contribution in [1.82, 2.24) is 0 Å². The van der Waals surface area contributed by atoms with Crippen molar-refractivity contribution in [3.05, 3.63) is 11.6 Å². The normalized spacial score (nSPS) is 48.2. The molecule has 4 atom stereocenters. The predicted octanol–water partition coefficient (Wildman–Crippen LogP) is 4.02. The van der Waals surface area contributed by atoms with E-state index in [0.717, 1.165) is 17.8 Å². The van der Waals surface area contributed by atoms with Crippen LogP contribution in [0, 0.1) is 23.2 Å². The zero-order valence-electron chi connectivity index (χ0n) is 9.43. The van der Waals surface area contributed by atoms with Gasteiger partial charge in [0.15, 0.2) is 0 Å². The number of rotatable bonds is 1. The molecule has 2 saturated carbocycles. The second kappa shape index (κ2) is 2.87. The first-order valence-electron chi connectivity index (χ1n) is 5.71. The second-order valence-corrected chi connectivity index (χ2v) is 5.61. The maximum atomic E-state index is 2.57. The zero-order chi connectivity index (χ0) is 9.64. The quantitative estimate of drug-likeness (QED) is 0.532. The number of hydrogen-bond acceptors (Lipinski definition) is 0. The molecule has 13 heavy (non-hydrogen) atoms. The Morgan fingerprint density at radius 2 is 2.00 bits per heavy atom. The summed E-state index contributed by atoms with van der Waals surface area (Å²) in [6.07, 6.45) is 6.98. The lowest BCUT2D eigenvalue weighted by molar-refractivity contribution is 0.203. The highest BCUT2D eigenvalue weighted by atomic mass is 14.6. The average Bonchev–Trinajstić information content (AvgIpc) is 2.52. The molecular formula is C13H22. The van der Waals surface area contributed by atoms with Crippen LogP contribution < -0.4 is 0 Å². The Labute approximate surface area is 82.4 Å². The molecule has 0 aliphatic heterocycles. The molecule has 0 saturated heterocycles. The van der Waals surface area contributed by atoms with Crippen molar-refractivity contribution in [2.45, 2.75) is 47.0 Å². The van der Waals surface area contributed by atoms with Crippen LogP contribution in [0.1, 0.15) is 47.0 Å². The third-order valence-electron chi connectivity index (χ3n) is 4.64. The summed E-state index contributed by atoms with van der Waals surface area (Å²) in [5.41, 5.74) is 2.12. The van der Waals surface area contributed by atoms with Gasteiger partial charge in [-0.15, -0.1) is 0 Å². The van der Waals surface area contributed by atoms with Crippen molar-refractivity contribution in [3.8, 4) is 0 Å². The van der Waals surface area contributed by atoms with Crippen LogP contribution in [0.15, 0.2) is 11.6 Å². The van der Waals surface area contributed by atoms with Gasteiger partial charge in [-0.3, -0.25) is 0 Å².